The molecule has 6 rings (SSSR count). The van der Waals surface area contributed by atoms with E-state index in [-0.39, 0.29) is 18.5 Å². The Morgan fingerprint density at radius 1 is 1.07 bits per heavy atom. The van der Waals surface area contributed by atoms with Gasteiger partial charge in [0, 0.05) is 32.7 Å². The highest BCUT2D eigenvalue weighted by molar-refractivity contribution is 6.39. The molecule has 3 aromatic rings. The van der Waals surface area contributed by atoms with Crippen molar-refractivity contribution < 1.29 is 14.3 Å². The lowest BCUT2D eigenvalue weighted by Gasteiger charge is -2.26. The Hall–Kier alpha value is -3.17. The SMILES string of the molecule is Cn1c(Nc2c(Cl)ccc(CNC(=O)OC(C)(C)C)c2Cl)nc2cc(C(=O)NC3CCCCC3)c(N3CC4CC4C3)cc21. The molecule has 0 spiro atoms. The molecule has 2 heterocycles. The van der Waals surface area contributed by atoms with Crippen molar-refractivity contribution in [3.63, 3.8) is 0 Å². The summed E-state index contributed by atoms with van der Waals surface area (Å²) >= 11 is 13.4. The minimum Gasteiger partial charge on any atom is -0.444 e. The maximum absolute atomic E-state index is 13.7. The number of benzene rings is 2. The molecular formula is C32H40Cl2N6O3. The van der Waals surface area contributed by atoms with Crippen LogP contribution >= 0.6 is 23.2 Å². The van der Waals surface area contributed by atoms with Crippen molar-refractivity contribution in [2.45, 2.75) is 77.5 Å². The molecule has 2 unspecified atom stereocenters. The molecule has 2 aromatic carbocycles. The van der Waals surface area contributed by atoms with Gasteiger partial charge in [-0.15, -0.1) is 0 Å². The van der Waals surface area contributed by atoms with E-state index in [0.717, 1.165) is 61.8 Å². The second-order valence-electron chi connectivity index (χ2n) is 13.2. The Morgan fingerprint density at radius 2 is 1.79 bits per heavy atom. The number of piperidine rings is 1. The van der Waals surface area contributed by atoms with E-state index in [1.54, 1.807) is 12.1 Å². The number of carbonyl (C=O) groups is 2. The molecule has 0 bridgehead atoms. The number of aromatic nitrogens is 2. The van der Waals surface area contributed by atoms with Crippen molar-refractivity contribution >= 4 is 63.6 Å². The van der Waals surface area contributed by atoms with Gasteiger partial charge in [0.2, 0.25) is 5.95 Å². The van der Waals surface area contributed by atoms with Gasteiger partial charge in [-0.05, 0) is 75.6 Å². The van der Waals surface area contributed by atoms with Crippen LogP contribution in [0.4, 0.5) is 22.1 Å². The number of alkyl carbamates (subject to hydrolysis) is 1. The van der Waals surface area contributed by atoms with E-state index in [1.165, 1.54) is 12.8 Å². The topological polar surface area (TPSA) is 101 Å². The van der Waals surface area contributed by atoms with Crippen LogP contribution in [0.5, 0.6) is 0 Å². The number of carbonyl (C=O) groups excluding carboxylic acids is 2. The number of amides is 2. The highest BCUT2D eigenvalue weighted by Gasteiger charge is 2.45. The Kier molecular flexibility index (Phi) is 8.15. The first-order chi connectivity index (χ1) is 20.5. The number of hydrogen-bond donors (Lipinski definition) is 3. The third-order valence-corrected chi connectivity index (χ3v) is 9.48. The highest BCUT2D eigenvalue weighted by atomic mass is 35.5. The minimum atomic E-state index is -0.605. The fraction of sp³-hybridized carbons (Fsp3) is 0.531. The summed E-state index contributed by atoms with van der Waals surface area (Å²) in [4.78, 5) is 33.1. The van der Waals surface area contributed by atoms with Gasteiger partial charge >= 0.3 is 6.09 Å². The second-order valence-corrected chi connectivity index (χ2v) is 14.0. The average Bonchev–Trinajstić information content (AvgIpc) is 3.44. The lowest BCUT2D eigenvalue weighted by molar-refractivity contribution is 0.0523. The van der Waals surface area contributed by atoms with E-state index in [1.807, 2.05) is 38.5 Å². The first-order valence-electron chi connectivity index (χ1n) is 15.2. The fourth-order valence-electron chi connectivity index (χ4n) is 6.33. The van der Waals surface area contributed by atoms with Gasteiger partial charge in [-0.1, -0.05) is 48.5 Å². The van der Waals surface area contributed by atoms with Crippen LogP contribution in [0.25, 0.3) is 11.0 Å². The van der Waals surface area contributed by atoms with Crippen LogP contribution < -0.4 is 20.9 Å². The van der Waals surface area contributed by atoms with Crippen LogP contribution in [-0.4, -0.2) is 46.3 Å². The number of fused-ring (bicyclic) bond motifs is 2. The van der Waals surface area contributed by atoms with Gasteiger partial charge in [0.25, 0.3) is 5.91 Å². The number of nitrogens with one attached hydrogen (secondary N) is 3. The molecule has 11 heteroatoms. The summed E-state index contributed by atoms with van der Waals surface area (Å²) in [6.07, 6.45) is 6.37. The summed E-state index contributed by atoms with van der Waals surface area (Å²) in [5, 5.41) is 10.2. The summed E-state index contributed by atoms with van der Waals surface area (Å²) in [6, 6.07) is 7.74. The predicted molar refractivity (Wildman–Crippen MR) is 172 cm³/mol. The summed E-state index contributed by atoms with van der Waals surface area (Å²) in [5.41, 5.74) is 3.81. The van der Waals surface area contributed by atoms with Crippen molar-refractivity contribution in [2.24, 2.45) is 18.9 Å². The summed E-state index contributed by atoms with van der Waals surface area (Å²) in [7, 11) is 1.93. The van der Waals surface area contributed by atoms with E-state index in [0.29, 0.717) is 38.3 Å². The van der Waals surface area contributed by atoms with Gasteiger partial charge in [-0.25, -0.2) is 9.78 Å². The third kappa shape index (κ3) is 6.53. The molecule has 1 aromatic heterocycles. The molecule has 3 fully saturated rings. The smallest absolute Gasteiger partial charge is 0.407 e. The maximum atomic E-state index is 13.7. The van der Waals surface area contributed by atoms with Gasteiger partial charge in [0.1, 0.15) is 5.60 Å². The van der Waals surface area contributed by atoms with E-state index < -0.39 is 11.7 Å². The molecule has 230 valence electrons. The first kappa shape index (κ1) is 29.9. The molecule has 2 saturated carbocycles. The monoisotopic (exact) mass is 626 g/mol. The molecule has 1 saturated heterocycles. The molecule has 0 radical (unpaired) electrons. The van der Waals surface area contributed by atoms with E-state index in [4.69, 9.17) is 32.9 Å². The fourth-order valence-corrected chi connectivity index (χ4v) is 6.86. The minimum absolute atomic E-state index is 0.0270. The van der Waals surface area contributed by atoms with Crippen molar-refractivity contribution in [3.8, 4) is 0 Å². The van der Waals surface area contributed by atoms with E-state index in [9.17, 15) is 9.59 Å². The van der Waals surface area contributed by atoms with Crippen molar-refractivity contribution in [2.75, 3.05) is 23.3 Å². The zero-order valence-electron chi connectivity index (χ0n) is 25.2. The van der Waals surface area contributed by atoms with Gasteiger partial charge in [-0.3, -0.25) is 4.79 Å². The van der Waals surface area contributed by atoms with E-state index in [2.05, 4.69) is 26.9 Å². The third-order valence-electron chi connectivity index (χ3n) is 8.73. The standard InChI is InChI=1S/C32H40Cl2N6O3/c1-32(2,3)43-31(42)35-15-18-10-11-23(33)28(27(18)34)38-30-37-24-13-22(29(41)36-21-8-6-5-7-9-21)25(14-26(24)39(30)4)40-16-19-12-20(19)17-40/h10-11,13-14,19-21H,5-9,12,15-17H2,1-4H3,(H,35,42)(H,36,41)(H,37,38). The maximum Gasteiger partial charge on any atom is 0.407 e. The molecule has 2 amide bonds. The normalized spacial score (nSPS) is 20.2. The van der Waals surface area contributed by atoms with Gasteiger partial charge < -0.3 is 30.2 Å². The van der Waals surface area contributed by atoms with Crippen LogP contribution in [0.3, 0.4) is 0 Å². The number of rotatable bonds is 7. The molecular weight excluding hydrogens is 587 g/mol. The largest absolute Gasteiger partial charge is 0.444 e. The average molecular weight is 628 g/mol. The van der Waals surface area contributed by atoms with Crippen LogP contribution in [0.1, 0.15) is 75.2 Å². The second kappa shape index (κ2) is 11.7. The van der Waals surface area contributed by atoms with Crippen LogP contribution in [0, 0.1) is 11.8 Å². The van der Waals surface area contributed by atoms with Gasteiger partial charge in [0.05, 0.1) is 38.0 Å². The number of anilines is 3. The molecule has 9 nitrogen and oxygen atoms in total. The van der Waals surface area contributed by atoms with Gasteiger partial charge in [0.15, 0.2) is 0 Å². The molecule has 1 aliphatic heterocycles. The lowest BCUT2D eigenvalue weighted by atomic mass is 9.95. The van der Waals surface area contributed by atoms with Crippen LogP contribution in [-0.2, 0) is 18.3 Å². The van der Waals surface area contributed by atoms with Crippen molar-refractivity contribution in [3.05, 3.63) is 45.4 Å². The summed E-state index contributed by atoms with van der Waals surface area (Å²) in [5.74, 6) is 1.97. The number of hydrogen-bond acceptors (Lipinski definition) is 6. The van der Waals surface area contributed by atoms with Crippen LogP contribution in [0.2, 0.25) is 10.0 Å². The van der Waals surface area contributed by atoms with Crippen molar-refractivity contribution in [1.82, 2.24) is 20.2 Å². The van der Waals surface area contributed by atoms with Crippen LogP contribution in [0.15, 0.2) is 24.3 Å². The number of imidazole rings is 1. The predicted octanol–water partition coefficient (Wildman–Crippen LogP) is 7.17. The lowest BCUT2D eigenvalue weighted by Crippen LogP contribution is -2.37. The Labute approximate surface area is 262 Å². The molecule has 3 aliphatic rings. The quantitative estimate of drug-likeness (QED) is 0.257. The summed E-state index contributed by atoms with van der Waals surface area (Å²) < 4.78 is 7.30. The molecule has 43 heavy (non-hydrogen) atoms. The number of aryl methyl sites for hydroxylation is 1. The number of halogens is 2. The summed E-state index contributed by atoms with van der Waals surface area (Å²) in [6.45, 7) is 7.56. The molecule has 2 atom stereocenters. The van der Waals surface area contributed by atoms with Crippen molar-refractivity contribution in [1.29, 1.82) is 0 Å². The van der Waals surface area contributed by atoms with Gasteiger partial charge in [-0.2, -0.15) is 0 Å². The van der Waals surface area contributed by atoms with E-state index >= 15 is 0 Å². The Bertz CT molecular complexity index is 1550. The number of ether oxygens (including phenoxy) is 1. The molecule has 3 N–H and O–H groups in total. The zero-order valence-corrected chi connectivity index (χ0v) is 26.7. The number of nitrogens with zero attached hydrogens (tertiary/aromatic N) is 3. The molecule has 2 aliphatic carbocycles. The first-order valence-corrected chi connectivity index (χ1v) is 16.0. The zero-order chi connectivity index (χ0) is 30.5. The highest BCUT2D eigenvalue weighted by Crippen LogP contribution is 2.47. The Morgan fingerprint density at radius 3 is 2.49 bits per heavy atom. The Balaban J connectivity index is 1.28.